The number of hydrogen-bond donors (Lipinski definition) is 1. The molecule has 2 saturated carbocycles. The van der Waals surface area contributed by atoms with Gasteiger partial charge in [-0.2, -0.15) is 10.2 Å². The largest absolute Gasteiger partial charge is 0.365 e. The van der Waals surface area contributed by atoms with E-state index in [0.29, 0.717) is 22.3 Å². The summed E-state index contributed by atoms with van der Waals surface area (Å²) in [6.45, 7) is 2.72. The molecule has 6 rings (SSSR count). The number of nitrogens with zero attached hydrogens (tertiary/aromatic N) is 6. The highest BCUT2D eigenvalue weighted by Crippen LogP contribution is 2.71. The average Bonchev–Trinajstić information content (AvgIpc) is 3.10. The molecule has 0 aromatic carbocycles. The van der Waals surface area contributed by atoms with Gasteiger partial charge in [-0.25, -0.2) is 9.97 Å². The van der Waals surface area contributed by atoms with Gasteiger partial charge in [-0.05, 0) is 54.9 Å². The van der Waals surface area contributed by atoms with Gasteiger partial charge in [0.05, 0.1) is 29.0 Å². The van der Waals surface area contributed by atoms with E-state index in [1.807, 2.05) is 30.0 Å². The zero-order valence-electron chi connectivity index (χ0n) is 16.4. The van der Waals surface area contributed by atoms with E-state index in [-0.39, 0.29) is 23.4 Å². The number of aromatic nitrogens is 5. The third-order valence-electron chi connectivity index (χ3n) is 6.77. The molecule has 3 aliphatic rings. The number of carbonyl (C=O) groups excluding carboxylic acids is 1. The molecule has 0 bridgehead atoms. The van der Waals surface area contributed by atoms with Crippen LogP contribution in [0.25, 0.3) is 5.82 Å². The molecule has 2 aliphatic carbocycles. The minimum atomic E-state index is -0.00867. The molecular formula is C21H20ClN7O. The number of amides is 1. The van der Waals surface area contributed by atoms with Gasteiger partial charge in [0, 0.05) is 25.0 Å². The van der Waals surface area contributed by atoms with Crippen LogP contribution in [-0.2, 0) is 0 Å². The summed E-state index contributed by atoms with van der Waals surface area (Å²) in [5, 5.41) is 12.5. The Morgan fingerprint density at radius 3 is 2.80 bits per heavy atom. The van der Waals surface area contributed by atoms with E-state index in [1.54, 1.807) is 24.8 Å². The summed E-state index contributed by atoms with van der Waals surface area (Å²) < 4.78 is 0. The van der Waals surface area contributed by atoms with Crippen molar-refractivity contribution in [1.29, 1.82) is 0 Å². The van der Waals surface area contributed by atoms with Gasteiger partial charge in [-0.1, -0.05) is 11.6 Å². The maximum Gasteiger partial charge on any atom is 0.258 e. The topological polar surface area (TPSA) is 88.8 Å². The fourth-order valence-corrected chi connectivity index (χ4v) is 5.48. The molecule has 1 spiro atoms. The predicted octanol–water partition coefficient (Wildman–Crippen LogP) is 2.73. The molecule has 4 heterocycles. The van der Waals surface area contributed by atoms with E-state index in [1.165, 1.54) is 11.2 Å². The predicted molar refractivity (Wildman–Crippen MR) is 111 cm³/mol. The monoisotopic (exact) mass is 421 g/mol. The van der Waals surface area contributed by atoms with Crippen molar-refractivity contribution in [2.75, 3.05) is 11.9 Å². The Balaban J connectivity index is 1.30. The van der Waals surface area contributed by atoms with Crippen molar-refractivity contribution in [3.63, 3.8) is 0 Å². The number of aryl methyl sites for hydroxylation is 1. The van der Waals surface area contributed by atoms with Crippen LogP contribution in [-0.4, -0.2) is 54.4 Å². The molecule has 30 heavy (non-hydrogen) atoms. The highest BCUT2D eigenvalue weighted by molar-refractivity contribution is 6.30. The molecule has 1 amide bonds. The van der Waals surface area contributed by atoms with Crippen LogP contribution in [0.15, 0.2) is 43.0 Å². The molecule has 3 fully saturated rings. The van der Waals surface area contributed by atoms with E-state index >= 15 is 0 Å². The second-order valence-corrected chi connectivity index (χ2v) is 8.99. The molecule has 1 N–H and O–H groups in total. The Kier molecular flexibility index (Phi) is 3.71. The number of hydrogen-bond acceptors (Lipinski definition) is 6. The lowest BCUT2D eigenvalue weighted by molar-refractivity contribution is 0.0471. The molecule has 4 atom stereocenters. The van der Waals surface area contributed by atoms with Gasteiger partial charge in [0.25, 0.3) is 5.91 Å². The first-order chi connectivity index (χ1) is 14.5. The van der Waals surface area contributed by atoms with E-state index in [4.69, 9.17) is 11.6 Å². The van der Waals surface area contributed by atoms with Crippen LogP contribution < -0.4 is 5.32 Å². The normalized spacial score (nSPS) is 28.5. The summed E-state index contributed by atoms with van der Waals surface area (Å²) >= 11 is 5.96. The fraction of sp³-hybridized carbons (Fsp3) is 0.381. The number of likely N-dealkylation sites (tertiary alicyclic amines) is 1. The lowest BCUT2D eigenvalue weighted by Crippen LogP contribution is -2.60. The SMILES string of the molecule is Cc1cnc(-n2nccn2)c(C(=O)N2CC3CC34CC(Nc3ccc(Cl)cn3)C24)c1. The number of anilines is 1. The fourth-order valence-electron chi connectivity index (χ4n) is 5.37. The zero-order valence-corrected chi connectivity index (χ0v) is 17.1. The van der Waals surface area contributed by atoms with Crippen LogP contribution in [0.4, 0.5) is 5.82 Å². The number of nitrogens with one attached hydrogen (secondary N) is 1. The van der Waals surface area contributed by atoms with Crippen molar-refractivity contribution in [2.45, 2.75) is 31.8 Å². The summed E-state index contributed by atoms with van der Waals surface area (Å²) in [5.74, 6) is 1.83. The Bertz CT molecular complexity index is 1130. The van der Waals surface area contributed by atoms with Crippen LogP contribution in [0.5, 0.6) is 0 Å². The van der Waals surface area contributed by atoms with Gasteiger partial charge in [0.15, 0.2) is 5.82 Å². The molecule has 9 heteroatoms. The quantitative estimate of drug-likeness (QED) is 0.696. The molecule has 152 valence electrons. The molecular weight excluding hydrogens is 402 g/mol. The van der Waals surface area contributed by atoms with Crippen molar-refractivity contribution in [3.8, 4) is 5.82 Å². The van der Waals surface area contributed by atoms with Crippen LogP contribution in [0.2, 0.25) is 5.02 Å². The highest BCUT2D eigenvalue weighted by Gasteiger charge is 2.75. The van der Waals surface area contributed by atoms with Gasteiger partial charge in [0.1, 0.15) is 5.82 Å². The standard InChI is InChI=1S/C21H20ClN7O/c1-12-6-15(19(24-9-12)29-25-4-5-26-29)20(30)28-11-13-7-21(13)8-16(18(21)28)27-17-3-2-14(22)10-23-17/h2-6,9-10,13,16,18H,7-8,11H2,1H3,(H,23,27). The summed E-state index contributed by atoms with van der Waals surface area (Å²) in [7, 11) is 0. The maximum atomic E-state index is 13.7. The molecule has 0 radical (unpaired) electrons. The smallest absolute Gasteiger partial charge is 0.258 e. The van der Waals surface area contributed by atoms with Gasteiger partial charge < -0.3 is 10.2 Å². The number of carbonyl (C=O) groups is 1. The Labute approximate surface area is 178 Å². The lowest BCUT2D eigenvalue weighted by atomic mass is 9.71. The average molecular weight is 422 g/mol. The summed E-state index contributed by atoms with van der Waals surface area (Å²) in [6.07, 6.45) is 8.81. The third-order valence-corrected chi connectivity index (χ3v) is 6.99. The Morgan fingerprint density at radius 2 is 2.03 bits per heavy atom. The van der Waals surface area contributed by atoms with Crippen LogP contribution >= 0.6 is 11.6 Å². The van der Waals surface area contributed by atoms with E-state index in [0.717, 1.165) is 24.3 Å². The molecule has 1 aliphatic heterocycles. The number of rotatable bonds is 4. The van der Waals surface area contributed by atoms with Crippen molar-refractivity contribution in [1.82, 2.24) is 29.9 Å². The Morgan fingerprint density at radius 1 is 1.20 bits per heavy atom. The minimum absolute atomic E-state index is 0.00867. The molecule has 4 unspecified atom stereocenters. The van der Waals surface area contributed by atoms with Crippen molar-refractivity contribution < 1.29 is 4.79 Å². The first-order valence-electron chi connectivity index (χ1n) is 10.1. The van der Waals surface area contributed by atoms with E-state index < -0.39 is 0 Å². The second-order valence-electron chi connectivity index (χ2n) is 8.56. The highest BCUT2D eigenvalue weighted by atomic mass is 35.5. The van der Waals surface area contributed by atoms with Crippen molar-refractivity contribution in [3.05, 3.63) is 59.1 Å². The number of pyridine rings is 2. The first-order valence-corrected chi connectivity index (χ1v) is 10.5. The third kappa shape index (κ3) is 2.56. The van der Waals surface area contributed by atoms with Crippen molar-refractivity contribution in [2.24, 2.45) is 11.3 Å². The van der Waals surface area contributed by atoms with E-state index in [2.05, 4.69) is 25.5 Å². The molecule has 3 aromatic heterocycles. The molecule has 1 saturated heterocycles. The van der Waals surface area contributed by atoms with Crippen LogP contribution in [0.3, 0.4) is 0 Å². The lowest BCUT2D eigenvalue weighted by Gasteiger charge is -2.48. The molecule has 3 aromatic rings. The van der Waals surface area contributed by atoms with Crippen LogP contribution in [0, 0.1) is 18.3 Å². The van der Waals surface area contributed by atoms with Gasteiger partial charge >= 0.3 is 0 Å². The Hall–Kier alpha value is -3.00. The van der Waals surface area contributed by atoms with Gasteiger partial charge in [-0.3, -0.25) is 4.79 Å². The van der Waals surface area contributed by atoms with E-state index in [9.17, 15) is 4.79 Å². The first kappa shape index (κ1) is 17.8. The van der Waals surface area contributed by atoms with Crippen molar-refractivity contribution >= 4 is 23.3 Å². The zero-order chi connectivity index (χ0) is 20.5. The maximum absolute atomic E-state index is 13.7. The minimum Gasteiger partial charge on any atom is -0.365 e. The van der Waals surface area contributed by atoms with Gasteiger partial charge in [-0.15, -0.1) is 4.80 Å². The van der Waals surface area contributed by atoms with Gasteiger partial charge in [0.2, 0.25) is 0 Å². The summed E-state index contributed by atoms with van der Waals surface area (Å²) in [5.41, 5.74) is 1.74. The summed E-state index contributed by atoms with van der Waals surface area (Å²) in [4.78, 5) is 25.9. The number of halogens is 1. The van der Waals surface area contributed by atoms with Crippen LogP contribution in [0.1, 0.15) is 28.8 Å². The summed E-state index contributed by atoms with van der Waals surface area (Å²) in [6, 6.07) is 5.92. The number of piperidine rings is 1. The second kappa shape index (κ2) is 6.25. The molecule has 8 nitrogen and oxygen atoms in total.